The Morgan fingerprint density at radius 1 is 1.67 bits per heavy atom. The number of anilines is 1. The Bertz CT molecular complexity index is 341. The highest BCUT2D eigenvalue weighted by Gasteiger charge is 2.51. The van der Waals surface area contributed by atoms with Crippen molar-refractivity contribution in [2.75, 3.05) is 25.6 Å². The lowest BCUT2D eigenvalue weighted by atomic mass is 10.1. The van der Waals surface area contributed by atoms with Gasteiger partial charge < -0.3 is 14.6 Å². The summed E-state index contributed by atoms with van der Waals surface area (Å²) in [5.74, 6) is -0.0788. The van der Waals surface area contributed by atoms with Crippen LogP contribution in [0.5, 0.6) is 0 Å². The van der Waals surface area contributed by atoms with E-state index in [9.17, 15) is 4.79 Å². The number of rotatable bonds is 4. The minimum atomic E-state index is -0.249. The number of hydrogen-bond acceptors (Lipinski definition) is 3. The molecule has 0 bridgehead atoms. The summed E-state index contributed by atoms with van der Waals surface area (Å²) in [5.41, 5.74) is 0.853. The lowest BCUT2D eigenvalue weighted by Gasteiger charge is -2.22. The van der Waals surface area contributed by atoms with E-state index in [0.29, 0.717) is 0 Å². The number of H-pyrrole nitrogens is 1. The number of ether oxygens (including phenoxy) is 1. The van der Waals surface area contributed by atoms with E-state index in [2.05, 4.69) is 9.88 Å². The van der Waals surface area contributed by atoms with Crippen molar-refractivity contribution in [3.8, 4) is 0 Å². The first-order valence-corrected chi connectivity index (χ1v) is 5.10. The summed E-state index contributed by atoms with van der Waals surface area (Å²) < 4.78 is 4.82. The average Bonchev–Trinajstić information content (AvgIpc) is 2.83. The fourth-order valence-electron chi connectivity index (χ4n) is 1.89. The van der Waals surface area contributed by atoms with E-state index in [1.165, 1.54) is 7.11 Å². The molecule has 1 N–H and O–H groups in total. The standard InChI is InChI=1S/C11H16N2O2/c1-13(9-3-6-12-7-9)8-11(4-5-11)10(14)15-2/h3,6-7,12H,4-5,8H2,1-2H3. The third-order valence-electron chi connectivity index (χ3n) is 3.03. The lowest BCUT2D eigenvalue weighted by molar-refractivity contribution is -0.146. The van der Waals surface area contributed by atoms with Gasteiger partial charge in [-0.1, -0.05) is 0 Å². The third kappa shape index (κ3) is 1.84. The fourth-order valence-corrected chi connectivity index (χ4v) is 1.89. The normalized spacial score (nSPS) is 17.2. The van der Waals surface area contributed by atoms with Gasteiger partial charge in [-0.2, -0.15) is 0 Å². The zero-order valence-corrected chi connectivity index (χ0v) is 9.12. The molecule has 1 fully saturated rings. The number of methoxy groups -OCH3 is 1. The van der Waals surface area contributed by atoms with Crippen LogP contribution in [0.15, 0.2) is 18.5 Å². The van der Waals surface area contributed by atoms with Gasteiger partial charge in [-0.05, 0) is 18.9 Å². The number of esters is 1. The number of aromatic amines is 1. The third-order valence-corrected chi connectivity index (χ3v) is 3.03. The fraction of sp³-hybridized carbons (Fsp3) is 0.545. The van der Waals surface area contributed by atoms with Crippen molar-refractivity contribution in [1.82, 2.24) is 4.98 Å². The van der Waals surface area contributed by atoms with Gasteiger partial charge in [0, 0.05) is 26.0 Å². The number of aromatic nitrogens is 1. The molecule has 2 rings (SSSR count). The maximum atomic E-state index is 11.5. The van der Waals surface area contributed by atoms with E-state index in [-0.39, 0.29) is 11.4 Å². The highest BCUT2D eigenvalue weighted by molar-refractivity contribution is 5.80. The quantitative estimate of drug-likeness (QED) is 0.761. The molecule has 0 aliphatic heterocycles. The average molecular weight is 208 g/mol. The van der Waals surface area contributed by atoms with Crippen LogP contribution in [-0.4, -0.2) is 31.7 Å². The maximum absolute atomic E-state index is 11.5. The van der Waals surface area contributed by atoms with Crippen LogP contribution in [-0.2, 0) is 9.53 Å². The number of nitrogens with one attached hydrogen (secondary N) is 1. The minimum absolute atomic E-state index is 0.0788. The van der Waals surface area contributed by atoms with Gasteiger partial charge in [0.1, 0.15) is 0 Å². The monoisotopic (exact) mass is 208 g/mol. The predicted octanol–water partition coefficient (Wildman–Crippen LogP) is 1.40. The van der Waals surface area contributed by atoms with E-state index >= 15 is 0 Å². The second kappa shape index (κ2) is 3.61. The van der Waals surface area contributed by atoms with Gasteiger partial charge in [-0.15, -0.1) is 0 Å². The molecule has 15 heavy (non-hydrogen) atoms. The molecule has 0 radical (unpaired) electrons. The molecule has 1 saturated carbocycles. The van der Waals surface area contributed by atoms with Gasteiger partial charge >= 0.3 is 5.97 Å². The molecule has 0 aromatic carbocycles. The largest absolute Gasteiger partial charge is 0.469 e. The van der Waals surface area contributed by atoms with Crippen LogP contribution in [0.3, 0.4) is 0 Å². The highest BCUT2D eigenvalue weighted by Crippen LogP contribution is 2.47. The summed E-state index contributed by atoms with van der Waals surface area (Å²) >= 11 is 0. The Kier molecular flexibility index (Phi) is 2.42. The molecule has 1 aliphatic carbocycles. The first-order chi connectivity index (χ1) is 7.18. The molecule has 1 aromatic rings. The van der Waals surface area contributed by atoms with Crippen LogP contribution in [0, 0.1) is 5.41 Å². The topological polar surface area (TPSA) is 45.3 Å². The van der Waals surface area contributed by atoms with Crippen LogP contribution in [0.25, 0.3) is 0 Å². The second-order valence-electron chi connectivity index (χ2n) is 4.20. The van der Waals surface area contributed by atoms with Crippen molar-refractivity contribution in [1.29, 1.82) is 0 Å². The Balaban J connectivity index is 2.00. The van der Waals surface area contributed by atoms with Crippen LogP contribution in [0.1, 0.15) is 12.8 Å². The molecule has 0 amide bonds. The maximum Gasteiger partial charge on any atom is 0.313 e. The van der Waals surface area contributed by atoms with Gasteiger partial charge in [0.25, 0.3) is 0 Å². The molecular formula is C11H16N2O2. The molecule has 0 spiro atoms. The van der Waals surface area contributed by atoms with E-state index in [1.807, 2.05) is 25.5 Å². The smallest absolute Gasteiger partial charge is 0.313 e. The van der Waals surface area contributed by atoms with Crippen molar-refractivity contribution in [3.05, 3.63) is 18.5 Å². The summed E-state index contributed by atoms with van der Waals surface area (Å²) in [6, 6.07) is 1.99. The zero-order valence-electron chi connectivity index (χ0n) is 9.12. The Morgan fingerprint density at radius 3 is 2.87 bits per heavy atom. The number of carbonyl (C=O) groups excluding carboxylic acids is 1. The van der Waals surface area contributed by atoms with Crippen LogP contribution in [0.2, 0.25) is 0 Å². The number of carbonyl (C=O) groups is 1. The Hall–Kier alpha value is -1.45. The van der Waals surface area contributed by atoms with Crippen molar-refractivity contribution in [3.63, 3.8) is 0 Å². The van der Waals surface area contributed by atoms with Crippen molar-refractivity contribution >= 4 is 11.7 Å². The molecule has 4 nitrogen and oxygen atoms in total. The van der Waals surface area contributed by atoms with Gasteiger partial charge in [-0.25, -0.2) is 0 Å². The van der Waals surface area contributed by atoms with Gasteiger partial charge in [0.15, 0.2) is 0 Å². The van der Waals surface area contributed by atoms with Gasteiger partial charge in [-0.3, -0.25) is 4.79 Å². The first kappa shape index (κ1) is 10.1. The first-order valence-electron chi connectivity index (χ1n) is 5.10. The van der Waals surface area contributed by atoms with E-state index in [4.69, 9.17) is 4.74 Å². The highest BCUT2D eigenvalue weighted by atomic mass is 16.5. The summed E-state index contributed by atoms with van der Waals surface area (Å²) in [4.78, 5) is 16.6. The van der Waals surface area contributed by atoms with Crippen molar-refractivity contribution in [2.45, 2.75) is 12.8 Å². The molecule has 0 atom stereocenters. The lowest BCUT2D eigenvalue weighted by Crippen LogP contribution is -2.32. The van der Waals surface area contributed by atoms with E-state index < -0.39 is 0 Å². The molecule has 1 aliphatic rings. The van der Waals surface area contributed by atoms with Crippen LogP contribution >= 0.6 is 0 Å². The zero-order chi connectivity index (χ0) is 10.9. The molecule has 1 heterocycles. The van der Waals surface area contributed by atoms with Crippen LogP contribution < -0.4 is 4.90 Å². The van der Waals surface area contributed by atoms with Gasteiger partial charge in [0.2, 0.25) is 0 Å². The van der Waals surface area contributed by atoms with Crippen molar-refractivity contribution < 1.29 is 9.53 Å². The van der Waals surface area contributed by atoms with E-state index in [0.717, 1.165) is 25.1 Å². The number of hydrogen-bond donors (Lipinski definition) is 1. The SMILES string of the molecule is COC(=O)C1(CN(C)c2cc[nH]c2)CC1. The van der Waals surface area contributed by atoms with Crippen molar-refractivity contribution in [2.24, 2.45) is 5.41 Å². The second-order valence-corrected chi connectivity index (χ2v) is 4.20. The van der Waals surface area contributed by atoms with Gasteiger partial charge in [0.05, 0.1) is 18.2 Å². The summed E-state index contributed by atoms with van der Waals surface area (Å²) in [5, 5.41) is 0. The Morgan fingerprint density at radius 2 is 2.40 bits per heavy atom. The molecule has 1 aromatic heterocycles. The molecule has 82 valence electrons. The Labute approximate surface area is 89.2 Å². The number of nitrogens with zero attached hydrogens (tertiary/aromatic N) is 1. The molecular weight excluding hydrogens is 192 g/mol. The molecule has 4 heteroatoms. The summed E-state index contributed by atoms with van der Waals surface area (Å²) in [7, 11) is 3.45. The molecule has 0 unspecified atom stereocenters. The summed E-state index contributed by atoms with van der Waals surface area (Å²) in [6.45, 7) is 0.734. The molecule has 0 saturated heterocycles. The predicted molar refractivity (Wildman–Crippen MR) is 57.7 cm³/mol. The van der Waals surface area contributed by atoms with Crippen LogP contribution in [0.4, 0.5) is 5.69 Å². The summed E-state index contributed by atoms with van der Waals surface area (Å²) in [6.07, 6.45) is 5.68. The minimum Gasteiger partial charge on any atom is -0.469 e. The van der Waals surface area contributed by atoms with E-state index in [1.54, 1.807) is 0 Å².